The number of carboxylic acid groups (broad SMARTS) is 1. The van der Waals surface area contributed by atoms with Gasteiger partial charge in [0.25, 0.3) is 0 Å². The van der Waals surface area contributed by atoms with E-state index in [4.69, 9.17) is 0 Å². The predicted molar refractivity (Wildman–Crippen MR) is 42.6 cm³/mol. The molecule has 0 unspecified atom stereocenters. The van der Waals surface area contributed by atoms with Gasteiger partial charge in [-0.05, 0) is 5.56 Å². The summed E-state index contributed by atoms with van der Waals surface area (Å²) in [4.78, 5) is 9.85. The summed E-state index contributed by atoms with van der Waals surface area (Å²) in [6, 6.07) is 9.14. The number of carbonyl (C=O) groups excluding carboxylic acids is 1. The minimum Gasteiger partial charge on any atom is -0.529 e. The van der Waals surface area contributed by atoms with E-state index in [2.05, 4.69) is 5.10 Å². The Morgan fingerprint density at radius 1 is 1.38 bits per heavy atom. The summed E-state index contributed by atoms with van der Waals surface area (Å²) in [6.45, 7) is 0. The van der Waals surface area contributed by atoms with Crippen LogP contribution in [0.15, 0.2) is 35.4 Å². The number of hydrogen-bond donors (Lipinski definition) is 1. The van der Waals surface area contributed by atoms with Crippen LogP contribution in [0.25, 0.3) is 0 Å². The molecule has 62 valence electrons. The number of nitrogens with one attached hydrogen (secondary N) is 1. The molecular weight excluding hydrogens is 179 g/mol. The van der Waals surface area contributed by atoms with Crippen LogP contribution in [0.3, 0.4) is 0 Å². The summed E-state index contributed by atoms with van der Waals surface area (Å²) < 4.78 is 0. The minimum absolute atomic E-state index is 0. The number of hydrazone groups is 1. The number of hydrogen-bond acceptors (Lipinski definition) is 3. The quantitative estimate of drug-likeness (QED) is 0.303. The average molecular weight is 186 g/mol. The van der Waals surface area contributed by atoms with Crippen LogP contribution < -0.4 is 40.1 Å². The standard InChI is InChI=1S/C8H8N2O2.Na/c11-8(12)10-9-6-7-4-2-1-3-5-7;/h1-6,10H,(H,11,12);/q;+1/p-1. The van der Waals surface area contributed by atoms with Gasteiger partial charge in [0.05, 0.1) is 6.21 Å². The zero-order valence-electron chi connectivity index (χ0n) is 7.23. The molecule has 4 nitrogen and oxygen atoms in total. The zero-order valence-corrected chi connectivity index (χ0v) is 9.23. The molecule has 0 spiro atoms. The van der Waals surface area contributed by atoms with Crippen molar-refractivity contribution in [2.75, 3.05) is 0 Å². The molecule has 1 N–H and O–H groups in total. The minimum atomic E-state index is -1.41. The number of carbonyl (C=O) groups is 1. The molecule has 0 aliphatic heterocycles. The first-order chi connectivity index (χ1) is 5.79. The Hall–Kier alpha value is -0.840. The van der Waals surface area contributed by atoms with Crippen molar-refractivity contribution in [2.24, 2.45) is 5.10 Å². The number of benzene rings is 1. The van der Waals surface area contributed by atoms with Crippen LogP contribution in [-0.4, -0.2) is 12.3 Å². The van der Waals surface area contributed by atoms with Crippen molar-refractivity contribution >= 4 is 12.3 Å². The first-order valence-electron chi connectivity index (χ1n) is 3.34. The Morgan fingerprint density at radius 2 is 2.00 bits per heavy atom. The molecular formula is C8H7N2NaO2. The van der Waals surface area contributed by atoms with E-state index in [1.54, 1.807) is 17.6 Å². The van der Waals surface area contributed by atoms with Crippen LogP contribution in [0, 0.1) is 0 Å². The number of nitrogens with zero attached hydrogens (tertiary/aromatic N) is 1. The summed E-state index contributed by atoms with van der Waals surface area (Å²) >= 11 is 0. The largest absolute Gasteiger partial charge is 1.00 e. The van der Waals surface area contributed by atoms with Crippen molar-refractivity contribution in [1.82, 2.24) is 5.43 Å². The van der Waals surface area contributed by atoms with Crippen molar-refractivity contribution in [2.45, 2.75) is 0 Å². The molecule has 13 heavy (non-hydrogen) atoms. The van der Waals surface area contributed by atoms with Gasteiger partial charge in [-0.1, -0.05) is 30.3 Å². The van der Waals surface area contributed by atoms with Gasteiger partial charge >= 0.3 is 29.6 Å². The molecule has 1 rings (SSSR count). The van der Waals surface area contributed by atoms with Crippen molar-refractivity contribution in [3.8, 4) is 0 Å². The van der Waals surface area contributed by atoms with Gasteiger partial charge in [0.2, 0.25) is 0 Å². The fraction of sp³-hybridized carbons (Fsp3) is 0. The second kappa shape index (κ2) is 6.65. The third-order valence-corrected chi connectivity index (χ3v) is 1.17. The Labute approximate surface area is 97.9 Å². The molecule has 0 saturated heterocycles. The van der Waals surface area contributed by atoms with E-state index in [0.717, 1.165) is 5.56 Å². The third-order valence-electron chi connectivity index (χ3n) is 1.17. The molecule has 0 heterocycles. The van der Waals surface area contributed by atoms with Crippen LogP contribution in [0.2, 0.25) is 0 Å². The average Bonchev–Trinajstić information content (AvgIpc) is 2.05. The Balaban J connectivity index is 0.00000144. The van der Waals surface area contributed by atoms with Crippen molar-refractivity contribution < 1.29 is 39.5 Å². The summed E-state index contributed by atoms with van der Waals surface area (Å²) in [5, 5.41) is 13.3. The molecule has 0 saturated carbocycles. The van der Waals surface area contributed by atoms with E-state index in [1.165, 1.54) is 6.21 Å². The summed E-state index contributed by atoms with van der Waals surface area (Å²) in [5.41, 5.74) is 2.59. The summed E-state index contributed by atoms with van der Waals surface area (Å²) in [6.07, 6.45) is -0.0160. The van der Waals surface area contributed by atoms with Gasteiger partial charge in [-0.2, -0.15) is 5.10 Å². The summed E-state index contributed by atoms with van der Waals surface area (Å²) in [7, 11) is 0. The predicted octanol–water partition coefficient (Wildman–Crippen LogP) is -3.04. The smallest absolute Gasteiger partial charge is 0.529 e. The van der Waals surface area contributed by atoms with E-state index in [9.17, 15) is 9.90 Å². The van der Waals surface area contributed by atoms with Crippen molar-refractivity contribution in [1.29, 1.82) is 0 Å². The first-order valence-corrected chi connectivity index (χ1v) is 3.34. The molecule has 0 fully saturated rings. The van der Waals surface area contributed by atoms with Gasteiger partial charge in [0.1, 0.15) is 0 Å². The van der Waals surface area contributed by atoms with Crippen molar-refractivity contribution in [3.63, 3.8) is 0 Å². The molecule has 1 amide bonds. The van der Waals surface area contributed by atoms with Gasteiger partial charge in [0, 0.05) is 0 Å². The topological polar surface area (TPSA) is 64.5 Å². The van der Waals surface area contributed by atoms with E-state index in [0.29, 0.717) is 0 Å². The van der Waals surface area contributed by atoms with E-state index < -0.39 is 6.09 Å². The van der Waals surface area contributed by atoms with Crippen LogP contribution in [-0.2, 0) is 0 Å². The third kappa shape index (κ3) is 5.41. The van der Waals surface area contributed by atoms with Gasteiger partial charge in [-0.15, -0.1) is 0 Å². The van der Waals surface area contributed by atoms with Crippen LogP contribution in [0.1, 0.15) is 5.56 Å². The van der Waals surface area contributed by atoms with Gasteiger partial charge < -0.3 is 9.90 Å². The zero-order chi connectivity index (χ0) is 8.81. The fourth-order valence-electron chi connectivity index (χ4n) is 0.699. The SMILES string of the molecule is O=C([O-])NN=Cc1ccccc1.[Na+]. The summed E-state index contributed by atoms with van der Waals surface area (Å²) in [5.74, 6) is 0. The van der Waals surface area contributed by atoms with Crippen LogP contribution in [0.4, 0.5) is 4.79 Å². The molecule has 0 atom stereocenters. The Bertz CT molecular complexity index is 287. The maximum Gasteiger partial charge on any atom is 1.00 e. The normalized spacial score (nSPS) is 9.23. The Morgan fingerprint density at radius 3 is 2.54 bits per heavy atom. The molecule has 0 aromatic heterocycles. The van der Waals surface area contributed by atoms with Crippen LogP contribution >= 0.6 is 0 Å². The molecule has 0 bridgehead atoms. The fourth-order valence-corrected chi connectivity index (χ4v) is 0.699. The maximum absolute atomic E-state index is 9.85. The van der Waals surface area contributed by atoms with Gasteiger partial charge in [0.15, 0.2) is 6.09 Å². The molecule has 1 aromatic rings. The Kier molecular flexibility index (Phi) is 6.22. The number of amides is 1. The second-order valence-electron chi connectivity index (χ2n) is 2.07. The van der Waals surface area contributed by atoms with Crippen LogP contribution in [0.5, 0.6) is 0 Å². The monoisotopic (exact) mass is 186 g/mol. The molecule has 0 aliphatic carbocycles. The van der Waals surface area contributed by atoms with E-state index in [-0.39, 0.29) is 29.6 Å². The van der Waals surface area contributed by atoms with Gasteiger partial charge in [-0.3, -0.25) is 5.43 Å². The number of rotatable bonds is 2. The molecule has 0 aliphatic rings. The molecule has 1 aromatic carbocycles. The first kappa shape index (κ1) is 12.2. The molecule has 5 heteroatoms. The maximum atomic E-state index is 9.85. The second-order valence-corrected chi connectivity index (χ2v) is 2.07. The van der Waals surface area contributed by atoms with Crippen molar-refractivity contribution in [3.05, 3.63) is 35.9 Å². The van der Waals surface area contributed by atoms with Gasteiger partial charge in [-0.25, -0.2) is 0 Å². The van der Waals surface area contributed by atoms with E-state index in [1.807, 2.05) is 18.2 Å². The molecule has 0 radical (unpaired) electrons. The van der Waals surface area contributed by atoms with E-state index >= 15 is 0 Å².